The van der Waals surface area contributed by atoms with Gasteiger partial charge in [-0.15, -0.1) is 0 Å². The summed E-state index contributed by atoms with van der Waals surface area (Å²) in [7, 11) is 0. The van der Waals surface area contributed by atoms with Gasteiger partial charge in [-0.25, -0.2) is 4.98 Å². The molecule has 1 aromatic heterocycles. The van der Waals surface area contributed by atoms with E-state index in [-0.39, 0.29) is 0 Å². The van der Waals surface area contributed by atoms with E-state index in [0.29, 0.717) is 5.92 Å². The molecule has 1 aliphatic carbocycles. The molecule has 0 unspecified atom stereocenters. The number of H-pyrrole nitrogens is 1. The Morgan fingerprint density at radius 3 is 2.46 bits per heavy atom. The van der Waals surface area contributed by atoms with Gasteiger partial charge in [0.15, 0.2) is 0 Å². The molecule has 1 N–H and O–H groups in total. The zero-order valence-electron chi connectivity index (χ0n) is 8.34. The third-order valence-electron chi connectivity index (χ3n) is 2.96. The quantitative estimate of drug-likeness (QED) is 0.657. The molecule has 1 aromatic rings. The molecular weight excluding hydrogens is 160 g/mol. The van der Waals surface area contributed by atoms with Crippen LogP contribution in [0.1, 0.15) is 56.0 Å². The lowest BCUT2D eigenvalue weighted by Crippen LogP contribution is -1.99. The van der Waals surface area contributed by atoms with E-state index in [1.54, 1.807) is 0 Å². The highest BCUT2D eigenvalue weighted by Gasteiger charge is 2.16. The summed E-state index contributed by atoms with van der Waals surface area (Å²) < 4.78 is 0. The summed E-state index contributed by atoms with van der Waals surface area (Å²) in [5, 5.41) is 0. The van der Waals surface area contributed by atoms with Crippen molar-refractivity contribution in [3.63, 3.8) is 0 Å². The summed E-state index contributed by atoms with van der Waals surface area (Å²) >= 11 is 0. The molecule has 0 atom stereocenters. The van der Waals surface area contributed by atoms with Crippen LogP contribution in [0.15, 0.2) is 6.20 Å². The molecule has 2 heteroatoms. The summed E-state index contributed by atoms with van der Waals surface area (Å²) in [4.78, 5) is 7.79. The van der Waals surface area contributed by atoms with Crippen LogP contribution in [0.2, 0.25) is 0 Å². The summed E-state index contributed by atoms with van der Waals surface area (Å²) in [6.45, 7) is 2.08. The molecule has 0 bridgehead atoms. The van der Waals surface area contributed by atoms with Gasteiger partial charge in [-0.05, 0) is 19.8 Å². The van der Waals surface area contributed by atoms with Gasteiger partial charge in [-0.1, -0.05) is 25.7 Å². The summed E-state index contributed by atoms with van der Waals surface area (Å²) in [5.74, 6) is 1.93. The van der Waals surface area contributed by atoms with Gasteiger partial charge in [0.25, 0.3) is 0 Å². The van der Waals surface area contributed by atoms with Crippen molar-refractivity contribution in [3.05, 3.63) is 17.7 Å². The van der Waals surface area contributed by atoms with E-state index in [4.69, 9.17) is 0 Å². The van der Waals surface area contributed by atoms with Crippen LogP contribution in [0.5, 0.6) is 0 Å². The predicted molar refractivity (Wildman–Crippen MR) is 53.8 cm³/mol. The highest BCUT2D eigenvalue weighted by molar-refractivity contribution is 5.03. The minimum atomic E-state index is 0.705. The third kappa shape index (κ3) is 2.11. The van der Waals surface area contributed by atoms with Crippen molar-refractivity contribution in [2.24, 2.45) is 0 Å². The molecular formula is C11H18N2. The molecule has 0 radical (unpaired) electrons. The van der Waals surface area contributed by atoms with Crippen LogP contribution in [0.25, 0.3) is 0 Å². The molecule has 13 heavy (non-hydrogen) atoms. The summed E-state index contributed by atoms with van der Waals surface area (Å²) in [5.41, 5.74) is 1.19. The molecule has 1 fully saturated rings. The SMILES string of the molecule is Cc1cnc(C2CCCCCC2)[nH]1. The van der Waals surface area contributed by atoms with E-state index in [0.717, 1.165) is 0 Å². The molecule has 0 aliphatic heterocycles. The molecule has 2 nitrogen and oxygen atoms in total. The van der Waals surface area contributed by atoms with Gasteiger partial charge in [0.2, 0.25) is 0 Å². The van der Waals surface area contributed by atoms with Crippen molar-refractivity contribution in [1.82, 2.24) is 9.97 Å². The van der Waals surface area contributed by atoms with E-state index < -0.39 is 0 Å². The molecule has 1 heterocycles. The number of aromatic amines is 1. The van der Waals surface area contributed by atoms with E-state index in [1.165, 1.54) is 50.0 Å². The Morgan fingerprint density at radius 1 is 1.23 bits per heavy atom. The molecule has 0 aromatic carbocycles. The minimum absolute atomic E-state index is 0.705. The fourth-order valence-electron chi connectivity index (χ4n) is 2.19. The number of hydrogen-bond donors (Lipinski definition) is 1. The number of hydrogen-bond acceptors (Lipinski definition) is 1. The minimum Gasteiger partial charge on any atom is -0.346 e. The lowest BCUT2D eigenvalue weighted by atomic mass is 10.00. The van der Waals surface area contributed by atoms with Crippen LogP contribution in [-0.4, -0.2) is 9.97 Å². The monoisotopic (exact) mass is 178 g/mol. The lowest BCUT2D eigenvalue weighted by molar-refractivity contribution is 0.565. The van der Waals surface area contributed by atoms with Crippen molar-refractivity contribution < 1.29 is 0 Å². The molecule has 2 rings (SSSR count). The summed E-state index contributed by atoms with van der Waals surface area (Å²) in [6, 6.07) is 0. The van der Waals surface area contributed by atoms with Crippen LogP contribution in [0.4, 0.5) is 0 Å². The van der Waals surface area contributed by atoms with Crippen LogP contribution in [0.3, 0.4) is 0 Å². The average Bonchev–Trinajstić information content (AvgIpc) is 2.43. The van der Waals surface area contributed by atoms with Crippen LogP contribution >= 0.6 is 0 Å². The second-order valence-electron chi connectivity index (χ2n) is 4.14. The number of rotatable bonds is 1. The Morgan fingerprint density at radius 2 is 1.92 bits per heavy atom. The fraction of sp³-hybridized carbons (Fsp3) is 0.727. The van der Waals surface area contributed by atoms with Crippen LogP contribution in [0, 0.1) is 6.92 Å². The third-order valence-corrected chi connectivity index (χ3v) is 2.96. The predicted octanol–water partition coefficient (Wildman–Crippen LogP) is 3.16. The van der Waals surface area contributed by atoms with Gasteiger partial charge in [0.05, 0.1) is 0 Å². The Hall–Kier alpha value is -0.790. The molecule has 0 spiro atoms. The van der Waals surface area contributed by atoms with Crippen molar-refractivity contribution >= 4 is 0 Å². The van der Waals surface area contributed by atoms with Crippen LogP contribution < -0.4 is 0 Å². The maximum Gasteiger partial charge on any atom is 0.109 e. The van der Waals surface area contributed by atoms with Gasteiger partial charge in [-0.3, -0.25) is 0 Å². The zero-order valence-corrected chi connectivity index (χ0v) is 8.34. The Labute approximate surface area is 79.8 Å². The molecule has 0 saturated heterocycles. The number of nitrogens with zero attached hydrogens (tertiary/aromatic N) is 1. The first kappa shape index (κ1) is 8.79. The first-order valence-corrected chi connectivity index (χ1v) is 5.38. The number of imidazole rings is 1. The van der Waals surface area contributed by atoms with Crippen molar-refractivity contribution in [3.8, 4) is 0 Å². The van der Waals surface area contributed by atoms with Crippen molar-refractivity contribution in [1.29, 1.82) is 0 Å². The van der Waals surface area contributed by atoms with Gasteiger partial charge in [-0.2, -0.15) is 0 Å². The first-order valence-electron chi connectivity index (χ1n) is 5.38. The average molecular weight is 178 g/mol. The Kier molecular flexibility index (Phi) is 2.67. The molecule has 72 valence electrons. The normalized spacial score (nSPS) is 20.1. The Balaban J connectivity index is 2.06. The number of aryl methyl sites for hydroxylation is 1. The largest absolute Gasteiger partial charge is 0.346 e. The number of aromatic nitrogens is 2. The van der Waals surface area contributed by atoms with Gasteiger partial charge in [0.1, 0.15) is 5.82 Å². The van der Waals surface area contributed by atoms with Crippen LogP contribution in [-0.2, 0) is 0 Å². The fourth-order valence-corrected chi connectivity index (χ4v) is 2.19. The lowest BCUT2D eigenvalue weighted by Gasteiger charge is -2.09. The second-order valence-corrected chi connectivity index (χ2v) is 4.14. The van der Waals surface area contributed by atoms with E-state index in [1.807, 2.05) is 6.20 Å². The maximum absolute atomic E-state index is 4.43. The number of nitrogens with one attached hydrogen (secondary N) is 1. The molecule has 1 aliphatic rings. The van der Waals surface area contributed by atoms with E-state index in [9.17, 15) is 0 Å². The first-order chi connectivity index (χ1) is 6.36. The van der Waals surface area contributed by atoms with Gasteiger partial charge >= 0.3 is 0 Å². The topological polar surface area (TPSA) is 28.7 Å². The smallest absolute Gasteiger partial charge is 0.109 e. The van der Waals surface area contributed by atoms with E-state index >= 15 is 0 Å². The van der Waals surface area contributed by atoms with E-state index in [2.05, 4.69) is 16.9 Å². The summed E-state index contributed by atoms with van der Waals surface area (Å²) in [6.07, 6.45) is 10.2. The van der Waals surface area contributed by atoms with Crippen molar-refractivity contribution in [2.45, 2.75) is 51.4 Å². The maximum atomic E-state index is 4.43. The molecule has 1 saturated carbocycles. The van der Waals surface area contributed by atoms with Gasteiger partial charge in [0, 0.05) is 17.8 Å². The standard InChI is InChI=1S/C11H18N2/c1-9-8-12-11(13-9)10-6-4-2-3-5-7-10/h8,10H,2-7H2,1H3,(H,12,13). The molecule has 0 amide bonds. The Bertz CT molecular complexity index is 257. The highest BCUT2D eigenvalue weighted by Crippen LogP contribution is 2.29. The zero-order chi connectivity index (χ0) is 9.10. The second kappa shape index (κ2) is 3.95. The van der Waals surface area contributed by atoms with Crippen molar-refractivity contribution in [2.75, 3.05) is 0 Å². The highest BCUT2D eigenvalue weighted by atomic mass is 14.9. The van der Waals surface area contributed by atoms with Gasteiger partial charge < -0.3 is 4.98 Å².